The van der Waals surface area contributed by atoms with E-state index in [1.807, 2.05) is 0 Å². The quantitative estimate of drug-likeness (QED) is 0.900. The minimum atomic E-state index is -0.0723. The lowest BCUT2D eigenvalue weighted by molar-refractivity contribution is 0.230. The maximum atomic E-state index is 5.32. The summed E-state index contributed by atoms with van der Waals surface area (Å²) in [5, 5.41) is 7.52. The van der Waals surface area contributed by atoms with Gasteiger partial charge in [0.25, 0.3) is 0 Å². The van der Waals surface area contributed by atoms with E-state index in [1.54, 1.807) is 0 Å². The third-order valence-electron chi connectivity index (χ3n) is 3.49. The second kappa shape index (κ2) is 6.01. The van der Waals surface area contributed by atoms with Gasteiger partial charge in [0.2, 0.25) is 5.89 Å². The number of hydrogen-bond donors (Lipinski definition) is 1. The van der Waals surface area contributed by atoms with Crippen LogP contribution in [0.5, 0.6) is 0 Å². The summed E-state index contributed by atoms with van der Waals surface area (Å²) >= 11 is 0. The van der Waals surface area contributed by atoms with Crippen molar-refractivity contribution in [1.29, 1.82) is 0 Å². The zero-order valence-corrected chi connectivity index (χ0v) is 12.6. The molecule has 5 nitrogen and oxygen atoms in total. The fourth-order valence-corrected chi connectivity index (χ4v) is 2.45. The summed E-state index contributed by atoms with van der Waals surface area (Å²) in [4.78, 5) is 6.77. The van der Waals surface area contributed by atoms with Gasteiger partial charge < -0.3 is 9.84 Å². The maximum absolute atomic E-state index is 5.32. The Kier molecular flexibility index (Phi) is 4.58. The van der Waals surface area contributed by atoms with E-state index in [1.165, 1.54) is 19.4 Å². The highest BCUT2D eigenvalue weighted by Gasteiger charge is 2.22. The fraction of sp³-hybridized carbons (Fsp3) is 0.857. The van der Waals surface area contributed by atoms with E-state index >= 15 is 0 Å². The lowest BCUT2D eigenvalue weighted by atomic mass is 9.97. The molecule has 19 heavy (non-hydrogen) atoms. The summed E-state index contributed by atoms with van der Waals surface area (Å²) in [6, 6.07) is 0. The van der Waals surface area contributed by atoms with E-state index in [4.69, 9.17) is 4.52 Å². The molecule has 2 heterocycles. The van der Waals surface area contributed by atoms with Crippen molar-refractivity contribution in [3.8, 4) is 0 Å². The first kappa shape index (κ1) is 14.5. The summed E-state index contributed by atoms with van der Waals surface area (Å²) in [5.41, 5.74) is -0.0723. The van der Waals surface area contributed by atoms with Gasteiger partial charge in [-0.25, -0.2) is 0 Å². The number of nitrogens with zero attached hydrogens (tertiary/aromatic N) is 3. The zero-order valence-electron chi connectivity index (χ0n) is 12.6. The number of piperidine rings is 1. The summed E-state index contributed by atoms with van der Waals surface area (Å²) < 4.78 is 5.32. The van der Waals surface area contributed by atoms with Gasteiger partial charge in [0.05, 0.1) is 6.54 Å². The molecule has 0 aliphatic carbocycles. The molecule has 1 aliphatic heterocycles. The molecule has 1 unspecified atom stereocenters. The number of aromatic nitrogens is 2. The molecule has 1 aliphatic rings. The predicted molar refractivity (Wildman–Crippen MR) is 74.9 cm³/mol. The van der Waals surface area contributed by atoms with Gasteiger partial charge in [0.15, 0.2) is 5.82 Å². The monoisotopic (exact) mass is 266 g/mol. The Morgan fingerprint density at radius 2 is 2.21 bits per heavy atom. The van der Waals surface area contributed by atoms with E-state index in [-0.39, 0.29) is 5.41 Å². The normalized spacial score (nSPS) is 21.0. The minimum Gasteiger partial charge on any atom is -0.339 e. The molecular formula is C14H26N4O. The largest absolute Gasteiger partial charge is 0.339 e. The van der Waals surface area contributed by atoms with Crippen molar-refractivity contribution in [2.45, 2.75) is 45.6 Å². The van der Waals surface area contributed by atoms with Gasteiger partial charge in [-0.15, -0.1) is 0 Å². The number of nitrogens with one attached hydrogen (secondary N) is 1. The van der Waals surface area contributed by atoms with Crippen LogP contribution < -0.4 is 5.32 Å². The summed E-state index contributed by atoms with van der Waals surface area (Å²) in [7, 11) is 2.13. The van der Waals surface area contributed by atoms with Crippen LogP contribution in [0.2, 0.25) is 0 Å². The number of hydrogen-bond acceptors (Lipinski definition) is 5. The Morgan fingerprint density at radius 1 is 1.42 bits per heavy atom. The Morgan fingerprint density at radius 3 is 2.79 bits per heavy atom. The van der Waals surface area contributed by atoms with Gasteiger partial charge in [0, 0.05) is 12.0 Å². The van der Waals surface area contributed by atoms with Crippen LogP contribution in [0.25, 0.3) is 0 Å². The van der Waals surface area contributed by atoms with Crippen molar-refractivity contribution in [2.24, 2.45) is 5.92 Å². The standard InChI is InChI=1S/C14H26N4O/c1-14(2,3)13-16-12(17-19-13)10-18(4)9-11-6-5-7-15-8-11/h11,15H,5-10H2,1-4H3. The summed E-state index contributed by atoms with van der Waals surface area (Å²) in [5.74, 6) is 2.25. The molecule has 0 spiro atoms. The van der Waals surface area contributed by atoms with Gasteiger partial charge in [-0.3, -0.25) is 4.90 Å². The molecule has 1 N–H and O–H groups in total. The van der Waals surface area contributed by atoms with E-state index < -0.39 is 0 Å². The summed E-state index contributed by atoms with van der Waals surface area (Å²) in [6.07, 6.45) is 2.60. The van der Waals surface area contributed by atoms with Crippen LogP contribution in [-0.2, 0) is 12.0 Å². The average Bonchev–Trinajstić information content (AvgIpc) is 2.78. The maximum Gasteiger partial charge on any atom is 0.232 e. The van der Waals surface area contributed by atoms with Gasteiger partial charge in [-0.05, 0) is 38.9 Å². The average molecular weight is 266 g/mol. The first-order valence-electron chi connectivity index (χ1n) is 7.17. The second-order valence-corrected chi connectivity index (χ2v) is 6.67. The van der Waals surface area contributed by atoms with Crippen LogP contribution in [0.1, 0.15) is 45.3 Å². The van der Waals surface area contributed by atoms with Crippen LogP contribution in [0.3, 0.4) is 0 Å². The molecule has 0 aromatic carbocycles. The van der Waals surface area contributed by atoms with Crippen molar-refractivity contribution in [3.05, 3.63) is 11.7 Å². The number of rotatable bonds is 4. The second-order valence-electron chi connectivity index (χ2n) is 6.67. The summed E-state index contributed by atoms with van der Waals surface area (Å²) in [6.45, 7) is 10.4. The van der Waals surface area contributed by atoms with Gasteiger partial charge >= 0.3 is 0 Å². The molecule has 0 radical (unpaired) electrons. The Labute approximate surface area is 115 Å². The zero-order chi connectivity index (χ0) is 13.9. The van der Waals surface area contributed by atoms with Crippen LogP contribution in [0.4, 0.5) is 0 Å². The molecule has 2 rings (SSSR count). The van der Waals surface area contributed by atoms with Crippen LogP contribution in [0, 0.1) is 5.92 Å². The van der Waals surface area contributed by atoms with Gasteiger partial charge in [-0.1, -0.05) is 25.9 Å². The Balaban J connectivity index is 1.84. The van der Waals surface area contributed by atoms with E-state index in [0.717, 1.165) is 37.3 Å². The molecule has 108 valence electrons. The van der Waals surface area contributed by atoms with E-state index in [2.05, 4.69) is 48.2 Å². The van der Waals surface area contributed by atoms with E-state index in [0.29, 0.717) is 0 Å². The topological polar surface area (TPSA) is 54.2 Å². The van der Waals surface area contributed by atoms with Crippen molar-refractivity contribution in [3.63, 3.8) is 0 Å². The molecule has 5 heteroatoms. The molecule has 0 saturated carbocycles. The van der Waals surface area contributed by atoms with Crippen LogP contribution >= 0.6 is 0 Å². The molecule has 1 aromatic rings. The first-order chi connectivity index (χ1) is 8.95. The van der Waals surface area contributed by atoms with Crippen molar-refractivity contribution in [2.75, 3.05) is 26.7 Å². The highest BCUT2D eigenvalue weighted by Crippen LogP contribution is 2.20. The van der Waals surface area contributed by atoms with Crippen molar-refractivity contribution < 1.29 is 4.52 Å². The minimum absolute atomic E-state index is 0.0723. The lowest BCUT2D eigenvalue weighted by Gasteiger charge is -2.26. The Bertz CT molecular complexity index is 390. The van der Waals surface area contributed by atoms with Crippen LogP contribution in [-0.4, -0.2) is 41.7 Å². The molecule has 0 amide bonds. The molecule has 1 aromatic heterocycles. The highest BCUT2D eigenvalue weighted by atomic mass is 16.5. The molecular weight excluding hydrogens is 240 g/mol. The molecule has 1 fully saturated rings. The smallest absolute Gasteiger partial charge is 0.232 e. The highest BCUT2D eigenvalue weighted by molar-refractivity contribution is 4.98. The molecule has 0 bridgehead atoms. The van der Waals surface area contributed by atoms with Crippen molar-refractivity contribution in [1.82, 2.24) is 20.4 Å². The first-order valence-corrected chi connectivity index (χ1v) is 7.17. The third kappa shape index (κ3) is 4.28. The fourth-order valence-electron chi connectivity index (χ4n) is 2.45. The lowest BCUT2D eigenvalue weighted by Crippen LogP contribution is -2.36. The van der Waals surface area contributed by atoms with Crippen LogP contribution in [0.15, 0.2) is 4.52 Å². The predicted octanol–water partition coefficient (Wildman–Crippen LogP) is 1.80. The van der Waals surface area contributed by atoms with Crippen molar-refractivity contribution >= 4 is 0 Å². The Hall–Kier alpha value is -0.940. The van der Waals surface area contributed by atoms with E-state index in [9.17, 15) is 0 Å². The SMILES string of the molecule is CN(Cc1noc(C(C)(C)C)n1)CC1CCCNC1. The third-order valence-corrected chi connectivity index (χ3v) is 3.49. The van der Waals surface area contributed by atoms with Gasteiger partial charge in [0.1, 0.15) is 0 Å². The molecule has 1 atom stereocenters. The molecule has 1 saturated heterocycles. The van der Waals surface area contributed by atoms with Gasteiger partial charge in [-0.2, -0.15) is 4.98 Å².